The highest BCUT2D eigenvalue weighted by Crippen LogP contribution is 2.39. The molecule has 0 unspecified atom stereocenters. The summed E-state index contributed by atoms with van der Waals surface area (Å²) < 4.78 is 16.7. The minimum atomic E-state index is -0.117. The molecule has 2 heterocycles. The van der Waals surface area contributed by atoms with E-state index in [2.05, 4.69) is 4.98 Å². The van der Waals surface area contributed by atoms with Gasteiger partial charge in [0.05, 0.1) is 20.3 Å². The molecular formula is C23H24N2O4. The molecule has 0 bridgehead atoms. The fraction of sp³-hybridized carbons (Fsp3) is 0.304. The minimum absolute atomic E-state index is 0.0698. The summed E-state index contributed by atoms with van der Waals surface area (Å²) in [5, 5.41) is 0. The van der Waals surface area contributed by atoms with Gasteiger partial charge in [-0.2, -0.15) is 0 Å². The van der Waals surface area contributed by atoms with Gasteiger partial charge in [0, 0.05) is 23.7 Å². The molecule has 1 aromatic heterocycles. The molecule has 29 heavy (non-hydrogen) atoms. The van der Waals surface area contributed by atoms with Crippen LogP contribution in [0.4, 0.5) is 0 Å². The highest BCUT2D eigenvalue weighted by atomic mass is 16.5. The van der Waals surface area contributed by atoms with Gasteiger partial charge in [0.25, 0.3) is 5.91 Å². The summed E-state index contributed by atoms with van der Waals surface area (Å²) in [5.41, 5.74) is 2.19. The first-order chi connectivity index (χ1) is 14.1. The maximum atomic E-state index is 13.4. The standard InChI is InChI=1S/C23H24N2O4/c1-15-21(24-22(29-15)16-8-5-4-6-9-16)23(26)25-13-7-10-19(25)18-12-11-17(27-2)14-20(18)28-3/h4-6,8-9,11-12,14,19H,7,10,13H2,1-3H3/t19-/m1/s1. The predicted octanol–water partition coefficient (Wildman–Crippen LogP) is 4.64. The Hall–Kier alpha value is -3.28. The number of carbonyl (C=O) groups is 1. The van der Waals surface area contributed by atoms with Crippen LogP contribution in [0.15, 0.2) is 52.9 Å². The molecule has 1 amide bonds. The van der Waals surface area contributed by atoms with Gasteiger partial charge >= 0.3 is 0 Å². The molecule has 1 atom stereocenters. The fourth-order valence-electron chi connectivity index (χ4n) is 3.86. The number of aryl methyl sites for hydroxylation is 1. The molecule has 2 aromatic carbocycles. The highest BCUT2D eigenvalue weighted by molar-refractivity contribution is 5.94. The van der Waals surface area contributed by atoms with Gasteiger partial charge < -0.3 is 18.8 Å². The summed E-state index contributed by atoms with van der Waals surface area (Å²) in [6.45, 7) is 2.46. The van der Waals surface area contributed by atoms with Crippen molar-refractivity contribution in [3.8, 4) is 23.0 Å². The molecule has 1 fully saturated rings. The number of oxazole rings is 1. The first kappa shape index (κ1) is 19.1. The number of carbonyl (C=O) groups excluding carboxylic acids is 1. The molecule has 0 saturated carbocycles. The molecule has 4 rings (SSSR count). The number of ether oxygens (including phenoxy) is 2. The molecule has 0 spiro atoms. The zero-order valence-electron chi connectivity index (χ0n) is 16.8. The monoisotopic (exact) mass is 392 g/mol. The van der Waals surface area contributed by atoms with Crippen LogP contribution in [-0.2, 0) is 0 Å². The van der Waals surface area contributed by atoms with Crippen LogP contribution in [-0.4, -0.2) is 36.6 Å². The smallest absolute Gasteiger partial charge is 0.276 e. The normalized spacial score (nSPS) is 16.1. The molecule has 0 N–H and O–H groups in total. The second-order valence-corrected chi connectivity index (χ2v) is 7.05. The second-order valence-electron chi connectivity index (χ2n) is 7.05. The average molecular weight is 392 g/mol. The lowest BCUT2D eigenvalue weighted by Gasteiger charge is -2.26. The fourth-order valence-corrected chi connectivity index (χ4v) is 3.86. The van der Waals surface area contributed by atoms with Gasteiger partial charge in [-0.15, -0.1) is 0 Å². The minimum Gasteiger partial charge on any atom is -0.497 e. The number of nitrogens with zero attached hydrogens (tertiary/aromatic N) is 2. The van der Waals surface area contributed by atoms with Gasteiger partial charge in [-0.3, -0.25) is 4.79 Å². The number of amides is 1. The lowest BCUT2D eigenvalue weighted by Crippen LogP contribution is -2.31. The van der Waals surface area contributed by atoms with E-state index in [-0.39, 0.29) is 11.9 Å². The van der Waals surface area contributed by atoms with E-state index in [0.717, 1.165) is 35.5 Å². The van der Waals surface area contributed by atoms with Crippen molar-refractivity contribution in [2.75, 3.05) is 20.8 Å². The third kappa shape index (κ3) is 3.58. The zero-order chi connectivity index (χ0) is 20.4. The van der Waals surface area contributed by atoms with Crippen molar-refractivity contribution in [1.29, 1.82) is 0 Å². The van der Waals surface area contributed by atoms with Gasteiger partial charge in [-0.1, -0.05) is 18.2 Å². The van der Waals surface area contributed by atoms with E-state index in [1.165, 1.54) is 0 Å². The molecule has 1 aliphatic rings. The van der Waals surface area contributed by atoms with Crippen molar-refractivity contribution in [2.45, 2.75) is 25.8 Å². The number of hydrogen-bond acceptors (Lipinski definition) is 5. The molecule has 0 radical (unpaired) electrons. The van der Waals surface area contributed by atoms with Crippen LogP contribution in [0.3, 0.4) is 0 Å². The molecule has 6 heteroatoms. The Bertz CT molecular complexity index is 1010. The van der Waals surface area contributed by atoms with Crippen LogP contribution < -0.4 is 9.47 Å². The van der Waals surface area contributed by atoms with Gasteiger partial charge in [0.15, 0.2) is 5.69 Å². The lowest BCUT2D eigenvalue weighted by molar-refractivity contribution is 0.0727. The number of aromatic nitrogens is 1. The summed E-state index contributed by atoms with van der Waals surface area (Å²) >= 11 is 0. The van der Waals surface area contributed by atoms with Gasteiger partial charge in [0.1, 0.15) is 17.3 Å². The van der Waals surface area contributed by atoms with Crippen LogP contribution in [0.2, 0.25) is 0 Å². The van der Waals surface area contributed by atoms with Crippen LogP contribution >= 0.6 is 0 Å². The van der Waals surface area contributed by atoms with Crippen molar-refractivity contribution in [2.24, 2.45) is 0 Å². The summed E-state index contributed by atoms with van der Waals surface area (Å²) in [6.07, 6.45) is 1.80. The number of hydrogen-bond donors (Lipinski definition) is 0. The maximum Gasteiger partial charge on any atom is 0.276 e. The summed E-state index contributed by atoms with van der Waals surface area (Å²) in [6, 6.07) is 15.3. The SMILES string of the molecule is COc1ccc([C@H]2CCCN2C(=O)c2nc(-c3ccccc3)oc2C)c(OC)c1. The summed E-state index contributed by atoms with van der Waals surface area (Å²) in [5.74, 6) is 2.32. The summed E-state index contributed by atoms with van der Waals surface area (Å²) in [7, 11) is 3.25. The molecule has 6 nitrogen and oxygen atoms in total. The molecule has 150 valence electrons. The maximum absolute atomic E-state index is 13.4. The second kappa shape index (κ2) is 7.99. The van der Waals surface area contributed by atoms with E-state index >= 15 is 0 Å². The third-order valence-corrected chi connectivity index (χ3v) is 5.33. The largest absolute Gasteiger partial charge is 0.497 e. The van der Waals surface area contributed by atoms with Crippen molar-refractivity contribution in [3.63, 3.8) is 0 Å². The van der Waals surface area contributed by atoms with E-state index in [1.54, 1.807) is 21.1 Å². The Morgan fingerprint density at radius 3 is 2.66 bits per heavy atom. The Labute approximate surface area is 170 Å². The van der Waals surface area contributed by atoms with Crippen molar-refractivity contribution in [1.82, 2.24) is 9.88 Å². The quantitative estimate of drug-likeness (QED) is 0.633. The number of methoxy groups -OCH3 is 2. The highest BCUT2D eigenvalue weighted by Gasteiger charge is 2.35. The Kier molecular flexibility index (Phi) is 5.25. The van der Waals surface area contributed by atoms with E-state index in [9.17, 15) is 4.79 Å². The van der Waals surface area contributed by atoms with E-state index in [1.807, 2.05) is 53.4 Å². The molecule has 1 aliphatic heterocycles. The number of likely N-dealkylation sites (tertiary alicyclic amines) is 1. The van der Waals surface area contributed by atoms with Crippen LogP contribution in [0.25, 0.3) is 11.5 Å². The van der Waals surface area contributed by atoms with Gasteiger partial charge in [0.2, 0.25) is 5.89 Å². The average Bonchev–Trinajstić information content (AvgIpc) is 3.40. The van der Waals surface area contributed by atoms with E-state index < -0.39 is 0 Å². The van der Waals surface area contributed by atoms with Crippen LogP contribution in [0.1, 0.15) is 40.7 Å². The molecule has 1 saturated heterocycles. The lowest BCUT2D eigenvalue weighted by atomic mass is 10.0. The van der Waals surface area contributed by atoms with Crippen LogP contribution in [0, 0.1) is 6.92 Å². The summed E-state index contributed by atoms with van der Waals surface area (Å²) in [4.78, 5) is 19.7. The third-order valence-electron chi connectivity index (χ3n) is 5.33. The molecular weight excluding hydrogens is 368 g/mol. The zero-order valence-corrected chi connectivity index (χ0v) is 16.8. The first-order valence-electron chi connectivity index (χ1n) is 9.68. The molecule has 0 aliphatic carbocycles. The van der Waals surface area contributed by atoms with Gasteiger partial charge in [-0.05, 0) is 44.0 Å². The topological polar surface area (TPSA) is 64.8 Å². The van der Waals surface area contributed by atoms with Crippen molar-refractivity contribution < 1.29 is 18.7 Å². The predicted molar refractivity (Wildman–Crippen MR) is 109 cm³/mol. The van der Waals surface area contributed by atoms with E-state index in [0.29, 0.717) is 23.9 Å². The Balaban J connectivity index is 1.65. The first-order valence-corrected chi connectivity index (χ1v) is 9.68. The van der Waals surface area contributed by atoms with Crippen LogP contribution in [0.5, 0.6) is 11.5 Å². The Morgan fingerprint density at radius 2 is 1.93 bits per heavy atom. The van der Waals surface area contributed by atoms with Gasteiger partial charge in [-0.25, -0.2) is 4.98 Å². The van der Waals surface area contributed by atoms with E-state index in [4.69, 9.17) is 13.9 Å². The van der Waals surface area contributed by atoms with Crippen molar-refractivity contribution in [3.05, 3.63) is 65.5 Å². The number of benzene rings is 2. The number of rotatable bonds is 5. The Morgan fingerprint density at radius 1 is 1.14 bits per heavy atom. The van der Waals surface area contributed by atoms with Crippen molar-refractivity contribution >= 4 is 5.91 Å². The molecule has 3 aromatic rings.